The fourth-order valence-electron chi connectivity index (χ4n) is 0.528. The molecule has 72 valence electrons. The summed E-state index contributed by atoms with van der Waals surface area (Å²) in [6.45, 7) is 0. The number of amides is 2. The van der Waals surface area contributed by atoms with E-state index in [2.05, 4.69) is 23.3 Å². The van der Waals surface area contributed by atoms with Crippen molar-refractivity contribution in [2.75, 3.05) is 0 Å². The van der Waals surface area contributed by atoms with Crippen LogP contribution < -0.4 is 0 Å². The minimum atomic E-state index is 0.269. The van der Waals surface area contributed by atoms with Gasteiger partial charge >= 0.3 is 101 Å². The van der Waals surface area contributed by atoms with E-state index in [1.54, 1.807) is 0 Å². The van der Waals surface area contributed by atoms with Crippen molar-refractivity contribution in [3.05, 3.63) is 0 Å². The van der Waals surface area contributed by atoms with Gasteiger partial charge in [-0.05, 0) is 0 Å². The summed E-state index contributed by atoms with van der Waals surface area (Å²) in [7, 11) is 0. The standard InChI is InChI=1S/C5H12N2OSe4/c1-9-6(10-2)5(8)7(11-3)12-4/h1-4H3. The van der Waals surface area contributed by atoms with Gasteiger partial charge in [0.25, 0.3) is 0 Å². The van der Waals surface area contributed by atoms with Gasteiger partial charge in [0.05, 0.1) is 0 Å². The molecule has 0 aromatic heterocycles. The van der Waals surface area contributed by atoms with E-state index in [-0.39, 0.29) is 6.03 Å². The third-order valence-corrected chi connectivity index (χ3v) is 11.6. The molecule has 0 fully saturated rings. The molecule has 0 N–H and O–H groups in total. The third-order valence-electron chi connectivity index (χ3n) is 0.976. The van der Waals surface area contributed by atoms with Gasteiger partial charge in [0.15, 0.2) is 0 Å². The SMILES string of the molecule is C[Se]N([Se]C)C(=O)N([Se]C)[Se]C. The molecule has 0 aliphatic heterocycles. The van der Waals surface area contributed by atoms with E-state index >= 15 is 0 Å². The predicted octanol–water partition coefficient (Wildman–Crippen LogP) is 0.380. The van der Waals surface area contributed by atoms with Crippen molar-refractivity contribution >= 4 is 66.7 Å². The topological polar surface area (TPSA) is 23.6 Å². The number of carbonyl (C=O) groups is 1. The number of hydrogen-bond donors (Lipinski definition) is 0. The van der Waals surface area contributed by atoms with Gasteiger partial charge in [-0.1, -0.05) is 0 Å². The molecule has 0 aliphatic rings. The number of hydrogen-bond acceptors (Lipinski definition) is 1. The Labute approximate surface area is 99.9 Å². The van der Waals surface area contributed by atoms with Gasteiger partial charge in [-0.3, -0.25) is 0 Å². The molecule has 0 atom stereocenters. The van der Waals surface area contributed by atoms with Crippen LogP contribution in [0.2, 0.25) is 23.3 Å². The van der Waals surface area contributed by atoms with Gasteiger partial charge < -0.3 is 0 Å². The van der Waals surface area contributed by atoms with Crippen LogP contribution in [0.3, 0.4) is 0 Å². The van der Waals surface area contributed by atoms with Gasteiger partial charge in [-0.2, -0.15) is 0 Å². The maximum atomic E-state index is 11.7. The Morgan fingerprint density at radius 2 is 1.08 bits per heavy atom. The molecule has 0 spiro atoms. The molecule has 0 saturated carbocycles. The van der Waals surface area contributed by atoms with Crippen LogP contribution in [0, 0.1) is 0 Å². The number of rotatable bonds is 4. The van der Waals surface area contributed by atoms with Gasteiger partial charge in [-0.25, -0.2) is 0 Å². The Morgan fingerprint density at radius 3 is 1.25 bits per heavy atom. The van der Waals surface area contributed by atoms with Crippen molar-refractivity contribution in [1.82, 2.24) is 5.87 Å². The number of nitrogens with zero attached hydrogens (tertiary/aromatic N) is 2. The van der Waals surface area contributed by atoms with E-state index in [0.29, 0.717) is 60.7 Å². The number of urea groups is 1. The maximum absolute atomic E-state index is 11.7. The summed E-state index contributed by atoms with van der Waals surface area (Å²) in [5.41, 5.74) is 0. The van der Waals surface area contributed by atoms with Gasteiger partial charge in [0.2, 0.25) is 0 Å². The van der Waals surface area contributed by atoms with E-state index in [9.17, 15) is 4.79 Å². The van der Waals surface area contributed by atoms with Crippen LogP contribution >= 0.6 is 0 Å². The number of carbonyl (C=O) groups excluding carboxylic acids is 1. The Morgan fingerprint density at radius 1 is 0.833 bits per heavy atom. The molecule has 0 aliphatic carbocycles. The average Bonchev–Trinajstić information content (AvgIpc) is 2.09. The zero-order valence-corrected chi connectivity index (χ0v) is 14.3. The van der Waals surface area contributed by atoms with Crippen LogP contribution in [-0.4, -0.2) is 72.6 Å². The molecular weight excluding hydrogens is 420 g/mol. The van der Waals surface area contributed by atoms with Gasteiger partial charge in [0.1, 0.15) is 0 Å². The summed E-state index contributed by atoms with van der Waals surface area (Å²) in [6.07, 6.45) is 0. The molecule has 3 nitrogen and oxygen atoms in total. The summed E-state index contributed by atoms with van der Waals surface area (Å²) >= 11 is 1.34. The Kier molecular flexibility index (Phi) is 8.59. The monoisotopic (exact) mass is 436 g/mol. The van der Waals surface area contributed by atoms with Crippen LogP contribution in [-0.2, 0) is 0 Å². The molecule has 0 radical (unpaired) electrons. The van der Waals surface area contributed by atoms with E-state index in [1.165, 1.54) is 0 Å². The molecule has 0 unspecified atom stereocenters. The van der Waals surface area contributed by atoms with Gasteiger partial charge in [-0.15, -0.1) is 0 Å². The van der Waals surface area contributed by atoms with Crippen LogP contribution in [0.4, 0.5) is 4.79 Å². The van der Waals surface area contributed by atoms with E-state index in [0.717, 1.165) is 0 Å². The van der Waals surface area contributed by atoms with Crippen molar-refractivity contribution in [2.45, 2.75) is 23.3 Å². The molecule has 0 saturated heterocycles. The second-order valence-corrected chi connectivity index (χ2v) is 10.00. The normalized spacial score (nSPS) is 9.67. The van der Waals surface area contributed by atoms with E-state index < -0.39 is 0 Å². The van der Waals surface area contributed by atoms with Gasteiger partial charge in [0, 0.05) is 0 Å². The van der Waals surface area contributed by atoms with E-state index in [1.807, 2.05) is 5.87 Å². The predicted molar refractivity (Wildman–Crippen MR) is 55.5 cm³/mol. The zero-order chi connectivity index (χ0) is 9.56. The van der Waals surface area contributed by atoms with Crippen molar-refractivity contribution < 1.29 is 4.79 Å². The summed E-state index contributed by atoms with van der Waals surface area (Å²) in [5, 5.41) is 0. The Bertz CT molecular complexity index is 123. The average molecular weight is 432 g/mol. The van der Waals surface area contributed by atoms with E-state index in [4.69, 9.17) is 0 Å². The fourth-order valence-corrected chi connectivity index (χ4v) is 7.45. The van der Waals surface area contributed by atoms with Crippen molar-refractivity contribution in [3.63, 3.8) is 0 Å². The Balaban J connectivity index is 4.12. The first kappa shape index (κ1) is 13.3. The third kappa shape index (κ3) is 4.04. The minimum absolute atomic E-state index is 0.269. The molecular formula is C5H12N2OSe4. The second-order valence-electron chi connectivity index (χ2n) is 1.53. The van der Waals surface area contributed by atoms with Crippen LogP contribution in [0.15, 0.2) is 0 Å². The summed E-state index contributed by atoms with van der Waals surface area (Å²) < 4.78 is 3.99. The first-order valence-corrected chi connectivity index (χ1v) is 12.9. The first-order chi connectivity index (χ1) is 5.71. The molecule has 0 rings (SSSR count). The molecule has 0 aromatic carbocycles. The molecule has 0 aromatic rings. The zero-order valence-electron chi connectivity index (χ0n) is 7.44. The van der Waals surface area contributed by atoms with Crippen molar-refractivity contribution in [1.29, 1.82) is 0 Å². The van der Waals surface area contributed by atoms with Crippen LogP contribution in [0.25, 0.3) is 0 Å². The quantitative estimate of drug-likeness (QED) is 0.590. The Hall–Kier alpha value is 1.35. The van der Waals surface area contributed by atoms with Crippen LogP contribution in [0.1, 0.15) is 0 Å². The molecule has 2 amide bonds. The summed E-state index contributed by atoms with van der Waals surface area (Å²) in [4.78, 5) is 11.7. The molecule has 7 heteroatoms. The van der Waals surface area contributed by atoms with Crippen LogP contribution in [0.5, 0.6) is 0 Å². The second kappa shape index (κ2) is 7.72. The molecule has 0 bridgehead atoms. The first-order valence-electron chi connectivity index (χ1n) is 3.01. The van der Waals surface area contributed by atoms with Crippen molar-refractivity contribution in [3.8, 4) is 0 Å². The summed E-state index contributed by atoms with van der Waals surface area (Å²) in [5.74, 6) is 8.39. The molecule has 12 heavy (non-hydrogen) atoms. The molecule has 0 heterocycles. The van der Waals surface area contributed by atoms with Crippen molar-refractivity contribution in [2.24, 2.45) is 0 Å². The fraction of sp³-hybridized carbons (Fsp3) is 0.800. The summed E-state index contributed by atoms with van der Waals surface area (Å²) in [6, 6.07) is 0.269.